The van der Waals surface area contributed by atoms with Crippen molar-refractivity contribution < 1.29 is 4.79 Å². The highest BCUT2D eigenvalue weighted by atomic mass is 35.5. The first-order valence-electron chi connectivity index (χ1n) is 8.84. The maximum atomic E-state index is 12.6. The molecule has 0 saturated heterocycles. The van der Waals surface area contributed by atoms with E-state index in [2.05, 4.69) is 32.3 Å². The minimum atomic E-state index is -0.242. The molecule has 0 bridgehead atoms. The molecule has 27 heavy (non-hydrogen) atoms. The lowest BCUT2D eigenvalue weighted by atomic mass is 10.2. The summed E-state index contributed by atoms with van der Waals surface area (Å²) in [6.07, 6.45) is 0.966. The van der Waals surface area contributed by atoms with Crippen molar-refractivity contribution in [1.29, 1.82) is 0 Å². The first-order valence-corrected chi connectivity index (χ1v) is 9.22. The minimum Gasteiger partial charge on any atom is -0.347 e. The van der Waals surface area contributed by atoms with Gasteiger partial charge in [0.1, 0.15) is 17.3 Å². The van der Waals surface area contributed by atoms with E-state index in [1.165, 1.54) is 5.56 Å². The molecule has 6 heteroatoms. The Labute approximate surface area is 163 Å². The van der Waals surface area contributed by atoms with Crippen molar-refractivity contribution in [2.24, 2.45) is 0 Å². The van der Waals surface area contributed by atoms with Crippen LogP contribution in [0.3, 0.4) is 0 Å². The second kappa shape index (κ2) is 7.37. The molecule has 1 aliphatic heterocycles. The number of anilines is 2. The highest BCUT2D eigenvalue weighted by Gasteiger charge is 2.22. The zero-order chi connectivity index (χ0) is 18.8. The third kappa shape index (κ3) is 3.64. The molecule has 2 aromatic carbocycles. The Morgan fingerprint density at radius 2 is 1.93 bits per heavy atom. The van der Waals surface area contributed by atoms with Crippen molar-refractivity contribution in [3.05, 3.63) is 82.3 Å². The average molecular weight is 379 g/mol. The number of nitrogens with one attached hydrogen (secondary N) is 1. The predicted molar refractivity (Wildman–Crippen MR) is 107 cm³/mol. The second-order valence-corrected chi connectivity index (χ2v) is 6.87. The highest BCUT2D eigenvalue weighted by Crippen LogP contribution is 2.33. The maximum Gasteiger partial charge on any atom is 0.270 e. The van der Waals surface area contributed by atoms with Crippen LogP contribution in [0, 0.1) is 6.92 Å². The number of carbonyl (C=O) groups excluding carboxylic acids is 1. The standard InChI is InChI=1S/C21H19ClN4O/c1-14-24-18(21(27)23-13-16-7-2-4-8-17(16)22)12-20(25-14)26-11-10-15-6-3-5-9-19(15)26/h2-9,12H,10-11,13H2,1H3,(H,23,27). The van der Waals surface area contributed by atoms with E-state index in [9.17, 15) is 4.79 Å². The largest absolute Gasteiger partial charge is 0.347 e. The van der Waals surface area contributed by atoms with Crippen LogP contribution in [0.5, 0.6) is 0 Å². The maximum absolute atomic E-state index is 12.6. The summed E-state index contributed by atoms with van der Waals surface area (Å²) >= 11 is 6.15. The van der Waals surface area contributed by atoms with Gasteiger partial charge in [-0.15, -0.1) is 0 Å². The Morgan fingerprint density at radius 3 is 2.78 bits per heavy atom. The van der Waals surface area contributed by atoms with Gasteiger partial charge in [0.2, 0.25) is 0 Å². The third-order valence-corrected chi connectivity index (χ3v) is 4.99. The topological polar surface area (TPSA) is 58.1 Å². The smallest absolute Gasteiger partial charge is 0.270 e. The minimum absolute atomic E-state index is 0.242. The summed E-state index contributed by atoms with van der Waals surface area (Å²) in [4.78, 5) is 23.6. The van der Waals surface area contributed by atoms with Crippen LogP contribution < -0.4 is 10.2 Å². The zero-order valence-electron chi connectivity index (χ0n) is 14.9. The molecule has 0 aliphatic carbocycles. The van der Waals surface area contributed by atoms with Crippen LogP contribution in [0.2, 0.25) is 5.02 Å². The summed E-state index contributed by atoms with van der Waals surface area (Å²) in [6, 6.07) is 17.5. The number of carbonyl (C=O) groups is 1. The fourth-order valence-corrected chi connectivity index (χ4v) is 3.49. The molecule has 4 rings (SSSR count). The molecule has 0 fully saturated rings. The van der Waals surface area contributed by atoms with Gasteiger partial charge in [0.25, 0.3) is 5.91 Å². The molecule has 1 N–H and O–H groups in total. The quantitative estimate of drug-likeness (QED) is 0.743. The number of hydrogen-bond donors (Lipinski definition) is 1. The van der Waals surface area contributed by atoms with Crippen molar-refractivity contribution in [3.63, 3.8) is 0 Å². The Kier molecular flexibility index (Phi) is 4.77. The van der Waals surface area contributed by atoms with E-state index in [-0.39, 0.29) is 5.91 Å². The summed E-state index contributed by atoms with van der Waals surface area (Å²) in [5, 5.41) is 3.52. The molecule has 1 amide bonds. The van der Waals surface area contributed by atoms with Gasteiger partial charge < -0.3 is 10.2 Å². The number of aryl methyl sites for hydroxylation is 1. The van der Waals surface area contributed by atoms with E-state index in [0.29, 0.717) is 23.1 Å². The lowest BCUT2D eigenvalue weighted by molar-refractivity contribution is 0.0945. The third-order valence-electron chi connectivity index (χ3n) is 4.62. The van der Waals surface area contributed by atoms with E-state index < -0.39 is 0 Å². The Balaban J connectivity index is 1.56. The Hall–Kier alpha value is -2.92. The van der Waals surface area contributed by atoms with Gasteiger partial charge >= 0.3 is 0 Å². The van der Waals surface area contributed by atoms with E-state index in [0.717, 1.165) is 30.0 Å². The molecule has 0 saturated carbocycles. The van der Waals surface area contributed by atoms with Gasteiger partial charge in [0, 0.05) is 29.9 Å². The van der Waals surface area contributed by atoms with Crippen LogP contribution in [0.15, 0.2) is 54.6 Å². The average Bonchev–Trinajstić information content (AvgIpc) is 3.11. The van der Waals surface area contributed by atoms with Crippen molar-refractivity contribution in [1.82, 2.24) is 15.3 Å². The monoisotopic (exact) mass is 378 g/mol. The fourth-order valence-electron chi connectivity index (χ4n) is 3.29. The number of amides is 1. The van der Waals surface area contributed by atoms with Gasteiger partial charge in [0.15, 0.2) is 0 Å². The van der Waals surface area contributed by atoms with E-state index >= 15 is 0 Å². The molecule has 136 valence electrons. The van der Waals surface area contributed by atoms with Crippen LogP contribution in [0.25, 0.3) is 0 Å². The van der Waals surface area contributed by atoms with Gasteiger partial charge in [-0.1, -0.05) is 48.0 Å². The predicted octanol–water partition coefficient (Wildman–Crippen LogP) is 4.06. The van der Waals surface area contributed by atoms with Crippen molar-refractivity contribution >= 4 is 29.0 Å². The van der Waals surface area contributed by atoms with Gasteiger partial charge in [-0.25, -0.2) is 9.97 Å². The van der Waals surface area contributed by atoms with E-state index in [1.54, 1.807) is 19.1 Å². The van der Waals surface area contributed by atoms with Gasteiger partial charge in [-0.05, 0) is 36.6 Å². The number of halogens is 1. The van der Waals surface area contributed by atoms with Crippen molar-refractivity contribution in [2.75, 3.05) is 11.4 Å². The van der Waals surface area contributed by atoms with Crippen molar-refractivity contribution in [3.8, 4) is 0 Å². The number of rotatable bonds is 4. The molecular formula is C21H19ClN4O. The molecular weight excluding hydrogens is 360 g/mol. The van der Waals surface area contributed by atoms with E-state index in [4.69, 9.17) is 11.6 Å². The number of para-hydroxylation sites is 1. The molecule has 1 aromatic heterocycles. The van der Waals surface area contributed by atoms with Crippen LogP contribution in [0.4, 0.5) is 11.5 Å². The van der Waals surface area contributed by atoms with Crippen LogP contribution in [-0.2, 0) is 13.0 Å². The fraction of sp³-hybridized carbons (Fsp3) is 0.190. The van der Waals surface area contributed by atoms with E-state index in [1.807, 2.05) is 30.3 Å². The normalized spacial score (nSPS) is 12.7. The number of fused-ring (bicyclic) bond motifs is 1. The van der Waals surface area contributed by atoms with Gasteiger partial charge in [-0.3, -0.25) is 4.79 Å². The Morgan fingerprint density at radius 1 is 1.15 bits per heavy atom. The molecule has 3 aromatic rings. The zero-order valence-corrected chi connectivity index (χ0v) is 15.7. The molecule has 0 unspecified atom stereocenters. The van der Waals surface area contributed by atoms with Crippen molar-refractivity contribution in [2.45, 2.75) is 19.9 Å². The number of nitrogens with zero attached hydrogens (tertiary/aromatic N) is 3. The lowest BCUT2D eigenvalue weighted by Crippen LogP contribution is -2.25. The molecule has 2 heterocycles. The number of benzene rings is 2. The van der Waals surface area contributed by atoms with Gasteiger partial charge in [0.05, 0.1) is 0 Å². The van der Waals surface area contributed by atoms with Crippen LogP contribution in [0.1, 0.15) is 27.4 Å². The molecule has 0 atom stereocenters. The summed E-state index contributed by atoms with van der Waals surface area (Å²) in [6.45, 7) is 3.00. The Bertz CT molecular complexity index is 1000. The summed E-state index contributed by atoms with van der Waals surface area (Å²) < 4.78 is 0. The number of hydrogen-bond acceptors (Lipinski definition) is 4. The first kappa shape index (κ1) is 17.5. The summed E-state index contributed by atoms with van der Waals surface area (Å²) in [5.74, 6) is 1.07. The van der Waals surface area contributed by atoms with Crippen LogP contribution in [-0.4, -0.2) is 22.4 Å². The number of aromatic nitrogens is 2. The molecule has 0 spiro atoms. The first-order chi connectivity index (χ1) is 13.1. The lowest BCUT2D eigenvalue weighted by Gasteiger charge is -2.19. The summed E-state index contributed by atoms with van der Waals surface area (Å²) in [5.41, 5.74) is 3.65. The summed E-state index contributed by atoms with van der Waals surface area (Å²) in [7, 11) is 0. The highest BCUT2D eigenvalue weighted by molar-refractivity contribution is 6.31. The molecule has 5 nitrogen and oxygen atoms in total. The SMILES string of the molecule is Cc1nc(C(=O)NCc2ccccc2Cl)cc(N2CCc3ccccc32)n1. The second-order valence-electron chi connectivity index (χ2n) is 6.46. The van der Waals surface area contributed by atoms with Crippen LogP contribution >= 0.6 is 11.6 Å². The molecule has 0 radical (unpaired) electrons. The van der Waals surface area contributed by atoms with Gasteiger partial charge in [-0.2, -0.15) is 0 Å². The molecule has 1 aliphatic rings.